The van der Waals surface area contributed by atoms with Crippen molar-refractivity contribution < 1.29 is 0 Å². The molecule has 0 unspecified atom stereocenters. The largest absolute Gasteiger partial charge is 0.384 e. The lowest BCUT2D eigenvalue weighted by molar-refractivity contribution is 0.441. The summed E-state index contributed by atoms with van der Waals surface area (Å²) in [6.45, 7) is 4.76. The summed E-state index contributed by atoms with van der Waals surface area (Å²) in [5, 5.41) is 12.9. The number of halogens is 2. The van der Waals surface area contributed by atoms with E-state index in [0.29, 0.717) is 5.02 Å². The molecule has 17 heavy (non-hydrogen) atoms. The summed E-state index contributed by atoms with van der Waals surface area (Å²) < 4.78 is 0.890. The monoisotopic (exact) mass is 314 g/mol. The van der Waals surface area contributed by atoms with E-state index in [9.17, 15) is 0 Å². The number of hydrogen-bond donors (Lipinski definition) is 1. The zero-order valence-corrected chi connectivity index (χ0v) is 12.4. The third-order valence-electron chi connectivity index (χ3n) is 2.55. The molecule has 0 aromatic heterocycles. The number of nitriles is 1. The molecule has 0 bridgehead atoms. The molecule has 1 rings (SSSR count). The lowest BCUT2D eigenvalue weighted by atomic mass is 9.90. The van der Waals surface area contributed by atoms with Crippen molar-refractivity contribution in [3.05, 3.63) is 27.7 Å². The van der Waals surface area contributed by atoms with Crippen molar-refractivity contribution in [1.82, 2.24) is 0 Å². The fourth-order valence-electron chi connectivity index (χ4n) is 1.45. The quantitative estimate of drug-likeness (QED) is 0.789. The minimum Gasteiger partial charge on any atom is -0.384 e. The van der Waals surface area contributed by atoms with Crippen LogP contribution < -0.4 is 5.32 Å². The zero-order valence-electron chi connectivity index (χ0n) is 10.1. The molecule has 92 valence electrons. The minimum atomic E-state index is -0.243. The van der Waals surface area contributed by atoms with Gasteiger partial charge in [0.15, 0.2) is 0 Å². The molecule has 0 heterocycles. The van der Waals surface area contributed by atoms with E-state index < -0.39 is 0 Å². The summed E-state index contributed by atoms with van der Waals surface area (Å²) >= 11 is 9.43. The van der Waals surface area contributed by atoms with Crippen molar-refractivity contribution in [2.24, 2.45) is 5.41 Å². The Hall–Kier alpha value is -0.720. The molecule has 1 aromatic carbocycles. The van der Waals surface area contributed by atoms with Crippen molar-refractivity contribution in [3.8, 4) is 6.07 Å². The Bertz CT molecular complexity index is 424. The highest BCUT2D eigenvalue weighted by Gasteiger charge is 2.15. The van der Waals surface area contributed by atoms with Crippen LogP contribution in [-0.4, -0.2) is 6.54 Å². The van der Waals surface area contributed by atoms with Crippen molar-refractivity contribution in [1.29, 1.82) is 5.26 Å². The van der Waals surface area contributed by atoms with Gasteiger partial charge >= 0.3 is 0 Å². The number of rotatable bonds is 5. The van der Waals surface area contributed by atoms with Gasteiger partial charge in [0.2, 0.25) is 0 Å². The van der Waals surface area contributed by atoms with Crippen LogP contribution in [0.5, 0.6) is 0 Å². The van der Waals surface area contributed by atoms with E-state index in [2.05, 4.69) is 27.3 Å². The standard InChI is InChI=1S/C13H16BrClN2/c1-13(2,9-16)7-4-8-17-11-6-3-5-10(15)12(11)14/h3,5-6,17H,4,7-8H2,1-2H3. The van der Waals surface area contributed by atoms with Crippen LogP contribution in [0.4, 0.5) is 5.69 Å². The van der Waals surface area contributed by atoms with Gasteiger partial charge in [0, 0.05) is 12.2 Å². The van der Waals surface area contributed by atoms with E-state index in [1.54, 1.807) is 0 Å². The molecule has 2 nitrogen and oxygen atoms in total. The maximum atomic E-state index is 8.90. The summed E-state index contributed by atoms with van der Waals surface area (Å²) in [4.78, 5) is 0. The second kappa shape index (κ2) is 6.28. The van der Waals surface area contributed by atoms with Gasteiger partial charge in [0.25, 0.3) is 0 Å². The molecule has 0 aliphatic rings. The molecule has 0 fully saturated rings. The van der Waals surface area contributed by atoms with Gasteiger partial charge < -0.3 is 5.32 Å². The van der Waals surface area contributed by atoms with E-state index in [0.717, 1.165) is 29.5 Å². The Morgan fingerprint density at radius 2 is 2.18 bits per heavy atom. The summed E-state index contributed by atoms with van der Waals surface area (Å²) in [5.41, 5.74) is 0.750. The van der Waals surface area contributed by atoms with E-state index in [-0.39, 0.29) is 5.41 Å². The van der Waals surface area contributed by atoms with Crippen LogP contribution in [0.1, 0.15) is 26.7 Å². The first-order valence-electron chi connectivity index (χ1n) is 5.55. The molecule has 0 aliphatic heterocycles. The Labute approximate surface area is 116 Å². The van der Waals surface area contributed by atoms with Gasteiger partial charge in [-0.1, -0.05) is 17.7 Å². The third-order valence-corrected chi connectivity index (χ3v) is 3.95. The van der Waals surface area contributed by atoms with Gasteiger partial charge in [-0.05, 0) is 54.8 Å². The topological polar surface area (TPSA) is 35.8 Å². The number of nitrogens with zero attached hydrogens (tertiary/aromatic N) is 1. The molecule has 1 N–H and O–H groups in total. The van der Waals surface area contributed by atoms with E-state index in [4.69, 9.17) is 16.9 Å². The van der Waals surface area contributed by atoms with E-state index in [1.807, 2.05) is 32.0 Å². The first-order valence-corrected chi connectivity index (χ1v) is 6.72. The molecule has 1 aromatic rings. The van der Waals surface area contributed by atoms with E-state index >= 15 is 0 Å². The van der Waals surface area contributed by atoms with Crippen molar-refractivity contribution in [3.63, 3.8) is 0 Å². The van der Waals surface area contributed by atoms with Gasteiger partial charge in [0.1, 0.15) is 0 Å². The Balaban J connectivity index is 2.42. The first-order chi connectivity index (χ1) is 7.96. The lowest BCUT2D eigenvalue weighted by Gasteiger charge is -2.15. The lowest BCUT2D eigenvalue weighted by Crippen LogP contribution is -2.11. The predicted octanol–water partition coefficient (Wildman–Crippen LogP) is 4.84. The van der Waals surface area contributed by atoms with Gasteiger partial charge in [0.05, 0.1) is 21.0 Å². The van der Waals surface area contributed by atoms with Crippen molar-refractivity contribution in [2.75, 3.05) is 11.9 Å². The maximum Gasteiger partial charge on any atom is 0.0683 e. The van der Waals surface area contributed by atoms with Crippen LogP contribution in [0.3, 0.4) is 0 Å². The fraction of sp³-hybridized carbons (Fsp3) is 0.462. The highest BCUT2D eigenvalue weighted by Crippen LogP contribution is 2.30. The zero-order chi connectivity index (χ0) is 12.9. The Kier molecular flexibility index (Phi) is 5.30. The van der Waals surface area contributed by atoms with E-state index in [1.165, 1.54) is 0 Å². The SMILES string of the molecule is CC(C)(C#N)CCCNc1cccc(Cl)c1Br. The molecule has 0 aliphatic carbocycles. The van der Waals surface area contributed by atoms with Crippen LogP contribution in [0.15, 0.2) is 22.7 Å². The van der Waals surface area contributed by atoms with Crippen LogP contribution >= 0.6 is 27.5 Å². The van der Waals surface area contributed by atoms with Gasteiger partial charge in [-0.2, -0.15) is 5.26 Å². The molecule has 0 radical (unpaired) electrons. The van der Waals surface area contributed by atoms with Crippen molar-refractivity contribution in [2.45, 2.75) is 26.7 Å². The molecule has 0 saturated heterocycles. The van der Waals surface area contributed by atoms with Gasteiger partial charge in [-0.15, -0.1) is 0 Å². The van der Waals surface area contributed by atoms with Crippen molar-refractivity contribution >= 4 is 33.2 Å². The second-order valence-corrected chi connectivity index (χ2v) is 5.83. The highest BCUT2D eigenvalue weighted by molar-refractivity contribution is 9.10. The summed E-state index contributed by atoms with van der Waals surface area (Å²) in [7, 11) is 0. The number of anilines is 1. The highest BCUT2D eigenvalue weighted by atomic mass is 79.9. The normalized spacial score (nSPS) is 11.0. The average molecular weight is 316 g/mol. The molecule has 4 heteroatoms. The molecular weight excluding hydrogens is 300 g/mol. The van der Waals surface area contributed by atoms with Gasteiger partial charge in [-0.3, -0.25) is 0 Å². The average Bonchev–Trinajstić information content (AvgIpc) is 2.30. The number of nitrogens with one attached hydrogen (secondary N) is 1. The molecule has 0 saturated carbocycles. The molecule has 0 spiro atoms. The molecule has 0 atom stereocenters. The smallest absolute Gasteiger partial charge is 0.0683 e. The number of benzene rings is 1. The Morgan fingerprint density at radius 1 is 1.47 bits per heavy atom. The van der Waals surface area contributed by atoms with Crippen LogP contribution in [-0.2, 0) is 0 Å². The fourth-order valence-corrected chi connectivity index (χ4v) is 2.03. The molecule has 0 amide bonds. The van der Waals surface area contributed by atoms with Crippen LogP contribution in [0.2, 0.25) is 5.02 Å². The van der Waals surface area contributed by atoms with Gasteiger partial charge in [-0.25, -0.2) is 0 Å². The summed E-state index contributed by atoms with van der Waals surface area (Å²) in [6, 6.07) is 8.03. The second-order valence-electron chi connectivity index (χ2n) is 4.63. The Morgan fingerprint density at radius 3 is 2.82 bits per heavy atom. The number of hydrogen-bond acceptors (Lipinski definition) is 2. The summed E-state index contributed by atoms with van der Waals surface area (Å²) in [6.07, 6.45) is 1.84. The van der Waals surface area contributed by atoms with Crippen LogP contribution in [0.25, 0.3) is 0 Å². The summed E-state index contributed by atoms with van der Waals surface area (Å²) in [5.74, 6) is 0. The third kappa shape index (κ3) is 4.57. The molecular formula is C13H16BrClN2. The van der Waals surface area contributed by atoms with Crippen LogP contribution in [0, 0.1) is 16.7 Å². The minimum absolute atomic E-state index is 0.243. The predicted molar refractivity (Wildman–Crippen MR) is 76.3 cm³/mol. The first kappa shape index (κ1) is 14.3. The maximum absolute atomic E-state index is 8.90.